The quantitative estimate of drug-likeness (QED) is 0.759. The summed E-state index contributed by atoms with van der Waals surface area (Å²) in [6.07, 6.45) is 1.17. The third kappa shape index (κ3) is 4.45. The lowest BCUT2D eigenvalue weighted by atomic mass is 10.2. The third-order valence-electron chi connectivity index (χ3n) is 3.93. The van der Waals surface area contributed by atoms with E-state index in [1.807, 2.05) is 30.3 Å². The fourth-order valence-electron chi connectivity index (χ4n) is 2.57. The van der Waals surface area contributed by atoms with E-state index >= 15 is 0 Å². The van der Waals surface area contributed by atoms with Gasteiger partial charge in [-0.1, -0.05) is 30.3 Å². The van der Waals surface area contributed by atoms with Crippen molar-refractivity contribution in [3.05, 3.63) is 40.8 Å². The monoisotopic (exact) mass is 378 g/mol. The first kappa shape index (κ1) is 18.0. The smallest absolute Gasteiger partial charge is 0.293 e. The molecule has 2 aliphatic heterocycles. The van der Waals surface area contributed by atoms with E-state index < -0.39 is 6.10 Å². The normalized spacial score (nSPS) is 25.0. The Hall–Kier alpha value is -1.77. The molecule has 2 aliphatic rings. The van der Waals surface area contributed by atoms with Gasteiger partial charge in [-0.05, 0) is 23.4 Å². The predicted octanol–water partition coefficient (Wildman–Crippen LogP) is 1.71. The maximum atomic E-state index is 12.4. The summed E-state index contributed by atoms with van der Waals surface area (Å²) in [6, 6.07) is 9.04. The van der Waals surface area contributed by atoms with Gasteiger partial charge in [0.1, 0.15) is 0 Å². The van der Waals surface area contributed by atoms with E-state index in [1.54, 1.807) is 17.8 Å². The second-order valence-electron chi connectivity index (χ2n) is 5.77. The molecule has 8 heteroatoms. The highest BCUT2D eigenvalue weighted by Gasteiger charge is 2.35. The number of amides is 3. The number of nitrogens with one attached hydrogen (secondary N) is 1. The molecule has 0 spiro atoms. The van der Waals surface area contributed by atoms with Gasteiger partial charge in [0.2, 0.25) is 5.91 Å². The van der Waals surface area contributed by atoms with Crippen molar-refractivity contribution in [3.63, 3.8) is 0 Å². The van der Waals surface area contributed by atoms with Crippen LogP contribution >= 0.6 is 23.5 Å². The Labute approximate surface area is 154 Å². The molecule has 25 heavy (non-hydrogen) atoms. The molecule has 0 aliphatic carbocycles. The Kier molecular flexibility index (Phi) is 5.82. The highest BCUT2D eigenvalue weighted by Crippen LogP contribution is 2.32. The number of hydrogen-bond donors (Lipinski definition) is 2. The van der Waals surface area contributed by atoms with Crippen LogP contribution in [0.15, 0.2) is 35.2 Å². The molecule has 1 aromatic rings. The van der Waals surface area contributed by atoms with Crippen LogP contribution in [-0.4, -0.2) is 57.3 Å². The molecular weight excluding hydrogens is 360 g/mol. The van der Waals surface area contributed by atoms with Gasteiger partial charge >= 0.3 is 0 Å². The number of thioether (sulfide) groups is 2. The second kappa shape index (κ2) is 8.07. The van der Waals surface area contributed by atoms with Gasteiger partial charge in [0.15, 0.2) is 0 Å². The molecule has 0 bridgehead atoms. The van der Waals surface area contributed by atoms with Crippen LogP contribution in [0, 0.1) is 0 Å². The molecule has 132 valence electrons. The zero-order valence-corrected chi connectivity index (χ0v) is 15.0. The standard InChI is InChI=1S/C17H18N2O4S2/c20-13-10-24-9-12(13)18-15(21)6-7-19-16(22)14(25-17(19)23)8-11-4-2-1-3-5-11/h1-5,8,12-13,20H,6-7,9-10H2,(H,18,21)/b14-8+/t12-,13+/m0/s1. The molecule has 2 fully saturated rings. The molecule has 6 nitrogen and oxygen atoms in total. The van der Waals surface area contributed by atoms with Gasteiger partial charge in [-0.15, -0.1) is 0 Å². The van der Waals surface area contributed by atoms with Crippen LogP contribution in [0.25, 0.3) is 6.08 Å². The maximum absolute atomic E-state index is 12.4. The van der Waals surface area contributed by atoms with Gasteiger partial charge in [-0.2, -0.15) is 11.8 Å². The lowest BCUT2D eigenvalue weighted by Gasteiger charge is -2.17. The number of hydrogen-bond acceptors (Lipinski definition) is 6. The van der Waals surface area contributed by atoms with Gasteiger partial charge < -0.3 is 10.4 Å². The van der Waals surface area contributed by atoms with E-state index in [4.69, 9.17) is 0 Å². The van der Waals surface area contributed by atoms with E-state index in [0.717, 1.165) is 22.2 Å². The van der Waals surface area contributed by atoms with Gasteiger partial charge in [-0.3, -0.25) is 19.3 Å². The molecule has 0 unspecified atom stereocenters. The molecule has 2 heterocycles. The first-order valence-electron chi connectivity index (χ1n) is 7.90. The Morgan fingerprint density at radius 1 is 1.28 bits per heavy atom. The molecule has 3 amide bonds. The molecule has 2 atom stereocenters. The summed E-state index contributed by atoms with van der Waals surface area (Å²) < 4.78 is 0. The Morgan fingerprint density at radius 2 is 2.04 bits per heavy atom. The molecule has 3 rings (SSSR count). The van der Waals surface area contributed by atoms with E-state index in [-0.39, 0.29) is 36.1 Å². The zero-order chi connectivity index (χ0) is 17.8. The van der Waals surface area contributed by atoms with Crippen LogP contribution in [-0.2, 0) is 9.59 Å². The number of aliphatic hydroxyl groups is 1. The van der Waals surface area contributed by atoms with Crippen molar-refractivity contribution in [1.29, 1.82) is 0 Å². The minimum atomic E-state index is -0.542. The van der Waals surface area contributed by atoms with Crippen molar-refractivity contribution < 1.29 is 19.5 Å². The molecule has 0 aromatic heterocycles. The minimum absolute atomic E-state index is 0.0323. The summed E-state index contributed by atoms with van der Waals surface area (Å²) in [5, 5.41) is 12.1. The van der Waals surface area contributed by atoms with Crippen LogP contribution < -0.4 is 5.32 Å². The van der Waals surface area contributed by atoms with Crippen LogP contribution in [0.3, 0.4) is 0 Å². The predicted molar refractivity (Wildman–Crippen MR) is 99.0 cm³/mol. The van der Waals surface area contributed by atoms with Gasteiger partial charge in [0.05, 0.1) is 17.1 Å². The largest absolute Gasteiger partial charge is 0.390 e. The summed E-state index contributed by atoms with van der Waals surface area (Å²) in [4.78, 5) is 37.9. The number of aliphatic hydroxyl groups excluding tert-OH is 1. The summed E-state index contributed by atoms with van der Waals surface area (Å²) >= 11 is 2.47. The number of nitrogens with zero attached hydrogens (tertiary/aromatic N) is 1. The molecular formula is C17H18N2O4S2. The summed E-state index contributed by atoms with van der Waals surface area (Å²) in [5.41, 5.74) is 0.846. The first-order chi connectivity index (χ1) is 12.0. The van der Waals surface area contributed by atoms with Crippen LogP contribution in [0.1, 0.15) is 12.0 Å². The van der Waals surface area contributed by atoms with Crippen molar-refractivity contribution in [1.82, 2.24) is 10.2 Å². The average molecular weight is 378 g/mol. The summed E-state index contributed by atoms with van der Waals surface area (Å²) in [5.74, 6) is 0.646. The third-order valence-corrected chi connectivity index (χ3v) is 6.01. The van der Waals surface area contributed by atoms with Crippen molar-refractivity contribution >= 4 is 46.7 Å². The molecule has 1 aromatic carbocycles. The Morgan fingerprint density at radius 3 is 2.72 bits per heavy atom. The number of benzene rings is 1. The fraction of sp³-hybridized carbons (Fsp3) is 0.353. The molecule has 2 N–H and O–H groups in total. The highest BCUT2D eigenvalue weighted by molar-refractivity contribution is 8.18. The van der Waals surface area contributed by atoms with Crippen molar-refractivity contribution in [2.45, 2.75) is 18.6 Å². The topological polar surface area (TPSA) is 86.7 Å². The number of carbonyl (C=O) groups excluding carboxylic acids is 3. The van der Waals surface area contributed by atoms with Crippen LogP contribution in [0.5, 0.6) is 0 Å². The van der Waals surface area contributed by atoms with Gasteiger partial charge in [0, 0.05) is 24.5 Å². The zero-order valence-electron chi connectivity index (χ0n) is 13.4. The first-order valence-corrected chi connectivity index (χ1v) is 9.87. The maximum Gasteiger partial charge on any atom is 0.293 e. The van der Waals surface area contributed by atoms with Crippen LogP contribution in [0.4, 0.5) is 4.79 Å². The second-order valence-corrected chi connectivity index (χ2v) is 7.84. The van der Waals surface area contributed by atoms with E-state index in [1.165, 1.54) is 0 Å². The van der Waals surface area contributed by atoms with E-state index in [9.17, 15) is 19.5 Å². The lowest BCUT2D eigenvalue weighted by molar-refractivity contribution is -0.124. The number of carbonyl (C=O) groups is 3. The Balaban J connectivity index is 1.56. The summed E-state index contributed by atoms with van der Waals surface area (Å²) in [7, 11) is 0. The van der Waals surface area contributed by atoms with Gasteiger partial charge in [-0.25, -0.2) is 0 Å². The fourth-order valence-corrected chi connectivity index (χ4v) is 4.60. The summed E-state index contributed by atoms with van der Waals surface area (Å²) in [6.45, 7) is 0.0403. The van der Waals surface area contributed by atoms with Crippen molar-refractivity contribution in [2.75, 3.05) is 18.1 Å². The number of imide groups is 1. The van der Waals surface area contributed by atoms with Gasteiger partial charge in [0.25, 0.3) is 11.1 Å². The lowest BCUT2D eigenvalue weighted by Crippen LogP contribution is -2.43. The molecule has 0 saturated carbocycles. The Bertz CT molecular complexity index is 708. The minimum Gasteiger partial charge on any atom is -0.390 e. The SMILES string of the molecule is O=C(CCN1C(=O)S/C(=C/c2ccccc2)C1=O)N[C@H]1CSC[C@H]1O. The van der Waals surface area contributed by atoms with Crippen LogP contribution in [0.2, 0.25) is 0 Å². The van der Waals surface area contributed by atoms with Crippen molar-refractivity contribution in [3.8, 4) is 0 Å². The highest BCUT2D eigenvalue weighted by atomic mass is 32.2. The molecule has 0 radical (unpaired) electrons. The van der Waals surface area contributed by atoms with E-state index in [2.05, 4.69) is 5.32 Å². The molecule has 2 saturated heterocycles. The van der Waals surface area contributed by atoms with Crippen molar-refractivity contribution in [2.24, 2.45) is 0 Å². The van der Waals surface area contributed by atoms with E-state index in [0.29, 0.717) is 16.4 Å². The number of rotatable bonds is 5. The average Bonchev–Trinajstić information content (AvgIpc) is 3.11.